The topological polar surface area (TPSA) is 62.1 Å². The van der Waals surface area contributed by atoms with E-state index in [-0.39, 0.29) is 11.9 Å². The molecule has 0 unspecified atom stereocenters. The van der Waals surface area contributed by atoms with Gasteiger partial charge in [-0.25, -0.2) is 8.42 Å². The van der Waals surface area contributed by atoms with Crippen LogP contribution in [0.4, 0.5) is 0 Å². The van der Waals surface area contributed by atoms with Crippen molar-refractivity contribution in [1.29, 1.82) is 0 Å². The summed E-state index contributed by atoms with van der Waals surface area (Å²) < 4.78 is 27.6. The van der Waals surface area contributed by atoms with Crippen LogP contribution < -0.4 is 4.90 Å². The van der Waals surface area contributed by atoms with Crippen LogP contribution in [-0.2, 0) is 14.8 Å². The van der Waals surface area contributed by atoms with Crippen LogP contribution in [0.1, 0.15) is 51.5 Å². The van der Waals surface area contributed by atoms with Gasteiger partial charge in [-0.2, -0.15) is 4.31 Å². The van der Waals surface area contributed by atoms with Crippen LogP contribution in [0.15, 0.2) is 29.2 Å². The van der Waals surface area contributed by atoms with E-state index in [9.17, 15) is 13.2 Å². The van der Waals surface area contributed by atoms with Crippen molar-refractivity contribution in [2.75, 3.05) is 39.3 Å². The first-order valence-corrected chi connectivity index (χ1v) is 12.0. The summed E-state index contributed by atoms with van der Waals surface area (Å²) in [5.41, 5.74) is 1.17. The lowest BCUT2D eigenvalue weighted by atomic mass is 9.99. The highest BCUT2D eigenvalue weighted by Crippen LogP contribution is 2.22. The molecule has 2 aliphatic rings. The fourth-order valence-electron chi connectivity index (χ4n) is 4.19. The van der Waals surface area contributed by atoms with E-state index in [4.69, 9.17) is 0 Å². The molecule has 28 heavy (non-hydrogen) atoms. The normalized spacial score (nSPS) is 21.6. The van der Waals surface area contributed by atoms with Crippen LogP contribution in [0.2, 0.25) is 0 Å². The van der Waals surface area contributed by atoms with Crippen LogP contribution in [0.25, 0.3) is 0 Å². The molecule has 1 N–H and O–H groups in total. The molecule has 2 aliphatic heterocycles. The summed E-state index contributed by atoms with van der Waals surface area (Å²) >= 11 is 0. The van der Waals surface area contributed by atoms with Gasteiger partial charge in [0.25, 0.3) is 5.91 Å². The second kappa shape index (κ2) is 8.93. The molecular formula is C21H34N3O3S+. The lowest BCUT2D eigenvalue weighted by Gasteiger charge is -2.35. The maximum absolute atomic E-state index is 13.0. The van der Waals surface area contributed by atoms with E-state index in [2.05, 4.69) is 13.8 Å². The summed E-state index contributed by atoms with van der Waals surface area (Å²) in [5.74, 6) is 0.642. The SMILES string of the molecule is CC[C@H](C)c1ccc(S(=O)(=O)N2CC[NH+]([C@H](C)C(=O)N3CCCC3)CC2)cc1. The Kier molecular flexibility index (Phi) is 6.78. The van der Waals surface area contributed by atoms with Gasteiger partial charge in [0, 0.05) is 13.1 Å². The molecule has 2 saturated heterocycles. The molecule has 1 amide bonds. The molecule has 0 spiro atoms. The zero-order valence-electron chi connectivity index (χ0n) is 17.4. The summed E-state index contributed by atoms with van der Waals surface area (Å²) in [5, 5.41) is 0. The lowest BCUT2D eigenvalue weighted by molar-refractivity contribution is -0.918. The number of quaternary nitrogens is 1. The molecule has 1 aromatic carbocycles. The molecule has 3 rings (SSSR count). The predicted octanol–water partition coefficient (Wildman–Crippen LogP) is 1.10. The highest BCUT2D eigenvalue weighted by Gasteiger charge is 2.36. The predicted molar refractivity (Wildman–Crippen MR) is 110 cm³/mol. The molecule has 0 saturated carbocycles. The zero-order chi connectivity index (χ0) is 20.3. The second-order valence-electron chi connectivity index (χ2n) is 8.19. The van der Waals surface area contributed by atoms with Crippen molar-refractivity contribution in [1.82, 2.24) is 9.21 Å². The monoisotopic (exact) mass is 408 g/mol. The fourth-order valence-corrected chi connectivity index (χ4v) is 5.63. The molecule has 2 atom stereocenters. The molecule has 2 fully saturated rings. The van der Waals surface area contributed by atoms with Gasteiger partial charge >= 0.3 is 0 Å². The van der Waals surface area contributed by atoms with Gasteiger partial charge in [0.2, 0.25) is 10.0 Å². The van der Waals surface area contributed by atoms with E-state index >= 15 is 0 Å². The standard InChI is InChI=1S/C21H33N3O3S/c1-4-17(2)19-7-9-20(10-8-19)28(26,27)24-15-13-22(14-16-24)18(3)21(25)23-11-5-6-12-23/h7-10,17-18H,4-6,11-16H2,1-3H3/p+1/t17-,18+/m0/s1. The number of likely N-dealkylation sites (tertiary alicyclic amines) is 1. The summed E-state index contributed by atoms with van der Waals surface area (Å²) in [6, 6.07) is 7.22. The Balaban J connectivity index is 1.61. The highest BCUT2D eigenvalue weighted by molar-refractivity contribution is 7.89. The largest absolute Gasteiger partial charge is 0.338 e. The minimum Gasteiger partial charge on any atom is -0.338 e. The Morgan fingerprint density at radius 3 is 2.14 bits per heavy atom. The van der Waals surface area contributed by atoms with Crippen molar-refractivity contribution < 1.29 is 18.1 Å². The highest BCUT2D eigenvalue weighted by atomic mass is 32.2. The number of rotatable bonds is 6. The first-order valence-electron chi connectivity index (χ1n) is 10.6. The van der Waals surface area contributed by atoms with Gasteiger partial charge in [-0.05, 0) is 49.8 Å². The van der Waals surface area contributed by atoms with Gasteiger partial charge < -0.3 is 9.80 Å². The third-order valence-corrected chi connectivity index (χ3v) is 8.38. The average molecular weight is 409 g/mol. The van der Waals surface area contributed by atoms with Crippen LogP contribution in [0.5, 0.6) is 0 Å². The third-order valence-electron chi connectivity index (χ3n) is 6.46. The van der Waals surface area contributed by atoms with Crippen molar-refractivity contribution in [2.24, 2.45) is 0 Å². The molecule has 2 heterocycles. The number of nitrogens with zero attached hydrogens (tertiary/aromatic N) is 2. The first-order chi connectivity index (χ1) is 13.3. The Labute approximate surface area is 169 Å². The number of sulfonamides is 1. The maximum Gasteiger partial charge on any atom is 0.280 e. The van der Waals surface area contributed by atoms with E-state index in [0.717, 1.165) is 32.4 Å². The molecule has 156 valence electrons. The fraction of sp³-hybridized carbons (Fsp3) is 0.667. The second-order valence-corrected chi connectivity index (χ2v) is 10.1. The number of benzene rings is 1. The maximum atomic E-state index is 13.0. The van der Waals surface area contributed by atoms with E-state index < -0.39 is 10.0 Å². The molecule has 0 aliphatic carbocycles. The van der Waals surface area contributed by atoms with Crippen LogP contribution in [0, 0.1) is 0 Å². The Bertz CT molecular complexity index is 765. The number of hydrogen-bond donors (Lipinski definition) is 1. The summed E-state index contributed by atoms with van der Waals surface area (Å²) in [7, 11) is -3.47. The minimum absolute atomic E-state index is 0.0993. The van der Waals surface area contributed by atoms with Gasteiger partial charge in [0.05, 0.1) is 31.1 Å². The van der Waals surface area contributed by atoms with E-state index in [1.165, 1.54) is 10.5 Å². The van der Waals surface area contributed by atoms with Crippen molar-refractivity contribution >= 4 is 15.9 Å². The molecule has 6 nitrogen and oxygen atoms in total. The van der Waals surface area contributed by atoms with Crippen molar-refractivity contribution in [2.45, 2.75) is 56.9 Å². The summed E-state index contributed by atoms with van der Waals surface area (Å²) in [6.07, 6.45) is 3.22. The van der Waals surface area contributed by atoms with E-state index in [1.54, 1.807) is 16.4 Å². The molecule has 0 radical (unpaired) electrons. The summed E-state index contributed by atoms with van der Waals surface area (Å²) in [6.45, 7) is 10.3. The average Bonchev–Trinajstić information content (AvgIpc) is 3.27. The first kappa shape index (κ1) is 21.3. The Hall–Kier alpha value is -1.44. The van der Waals surface area contributed by atoms with Gasteiger partial charge in [0.15, 0.2) is 6.04 Å². The number of nitrogens with one attached hydrogen (secondary N) is 1. The van der Waals surface area contributed by atoms with Gasteiger partial charge in [-0.1, -0.05) is 26.0 Å². The Morgan fingerprint density at radius 2 is 1.61 bits per heavy atom. The smallest absolute Gasteiger partial charge is 0.280 e. The third kappa shape index (κ3) is 4.42. The zero-order valence-corrected chi connectivity index (χ0v) is 18.2. The van der Waals surface area contributed by atoms with E-state index in [1.807, 2.05) is 24.0 Å². The van der Waals surface area contributed by atoms with Crippen LogP contribution in [0.3, 0.4) is 0 Å². The van der Waals surface area contributed by atoms with Crippen molar-refractivity contribution in [3.63, 3.8) is 0 Å². The van der Waals surface area contributed by atoms with Crippen molar-refractivity contribution in [3.8, 4) is 0 Å². The van der Waals surface area contributed by atoms with Gasteiger partial charge in [-0.3, -0.25) is 4.79 Å². The van der Waals surface area contributed by atoms with Gasteiger partial charge in [-0.15, -0.1) is 0 Å². The number of carbonyl (C=O) groups is 1. The number of hydrogen-bond acceptors (Lipinski definition) is 3. The Morgan fingerprint density at radius 1 is 1.04 bits per heavy atom. The van der Waals surface area contributed by atoms with E-state index in [0.29, 0.717) is 37.0 Å². The van der Waals surface area contributed by atoms with Gasteiger partial charge in [0.1, 0.15) is 0 Å². The molecule has 0 bridgehead atoms. The van der Waals surface area contributed by atoms with Crippen LogP contribution in [-0.4, -0.2) is 68.8 Å². The molecule has 0 aromatic heterocycles. The minimum atomic E-state index is -3.47. The quantitative estimate of drug-likeness (QED) is 0.767. The summed E-state index contributed by atoms with van der Waals surface area (Å²) in [4.78, 5) is 16.1. The number of carbonyl (C=O) groups excluding carboxylic acids is 1. The molecular weight excluding hydrogens is 374 g/mol. The molecule has 1 aromatic rings. The lowest BCUT2D eigenvalue weighted by Crippen LogP contribution is -3.19. The molecule has 7 heteroatoms. The number of amides is 1. The van der Waals surface area contributed by atoms with Crippen LogP contribution >= 0.6 is 0 Å². The van der Waals surface area contributed by atoms with Crippen molar-refractivity contribution in [3.05, 3.63) is 29.8 Å². The number of piperazine rings is 1.